The van der Waals surface area contributed by atoms with Gasteiger partial charge in [0.1, 0.15) is 0 Å². The molecule has 0 spiro atoms. The number of hydrogen-bond acceptors (Lipinski definition) is 3. The molecule has 0 fully saturated rings. The summed E-state index contributed by atoms with van der Waals surface area (Å²) in [7, 11) is -3.68. The van der Waals surface area contributed by atoms with Crippen LogP contribution in [0.2, 0.25) is 0 Å². The standard InChI is InChI=1S/C27H30N2O3S/c1-4-5-6-21-9-12-24(13-10-21)28-27(30)22-11-16-26-23(18-22)17-20(3)29(26)33(31,32)25-14-7-19(2)8-15-25/h7-16,18,20H,4-6,17H2,1-3H3,(H,28,30)/t20-/m0/s1. The molecule has 6 heteroatoms. The minimum atomic E-state index is -3.68. The number of amides is 1. The first-order valence-electron chi connectivity index (χ1n) is 11.4. The van der Waals surface area contributed by atoms with Crippen LogP contribution in [0.15, 0.2) is 71.6 Å². The molecule has 1 aliphatic rings. The maximum Gasteiger partial charge on any atom is 0.264 e. The molecule has 1 heterocycles. The van der Waals surface area contributed by atoms with E-state index in [0.29, 0.717) is 17.7 Å². The quantitative estimate of drug-likeness (QED) is 0.488. The van der Waals surface area contributed by atoms with Gasteiger partial charge in [-0.2, -0.15) is 0 Å². The summed E-state index contributed by atoms with van der Waals surface area (Å²) < 4.78 is 28.1. The normalized spacial score (nSPS) is 15.4. The van der Waals surface area contributed by atoms with Gasteiger partial charge >= 0.3 is 0 Å². The summed E-state index contributed by atoms with van der Waals surface area (Å²) in [5, 5.41) is 2.95. The zero-order chi connectivity index (χ0) is 23.6. The lowest BCUT2D eigenvalue weighted by atomic mass is 10.1. The fourth-order valence-electron chi connectivity index (χ4n) is 4.27. The molecule has 172 valence electrons. The number of fused-ring (bicyclic) bond motifs is 1. The minimum Gasteiger partial charge on any atom is -0.322 e. The monoisotopic (exact) mass is 462 g/mol. The molecule has 1 amide bonds. The number of benzene rings is 3. The summed E-state index contributed by atoms with van der Waals surface area (Å²) in [6.07, 6.45) is 3.90. The number of carbonyl (C=O) groups excluding carboxylic acids is 1. The number of nitrogens with one attached hydrogen (secondary N) is 1. The van der Waals surface area contributed by atoms with Gasteiger partial charge in [-0.25, -0.2) is 8.42 Å². The van der Waals surface area contributed by atoms with Gasteiger partial charge in [0.15, 0.2) is 0 Å². The summed E-state index contributed by atoms with van der Waals surface area (Å²) in [5.74, 6) is -0.202. The van der Waals surface area contributed by atoms with E-state index in [4.69, 9.17) is 0 Å². The summed E-state index contributed by atoms with van der Waals surface area (Å²) in [4.78, 5) is 13.1. The predicted octanol–water partition coefficient (Wildman–Crippen LogP) is 5.73. The third kappa shape index (κ3) is 4.81. The highest BCUT2D eigenvalue weighted by atomic mass is 32.2. The molecule has 1 atom stereocenters. The molecule has 0 unspecified atom stereocenters. The fraction of sp³-hybridized carbons (Fsp3) is 0.296. The number of rotatable bonds is 7. The van der Waals surface area contributed by atoms with E-state index < -0.39 is 10.0 Å². The molecule has 4 rings (SSSR count). The average Bonchev–Trinajstić information content (AvgIpc) is 3.14. The Morgan fingerprint density at radius 1 is 1.03 bits per heavy atom. The third-order valence-electron chi connectivity index (χ3n) is 6.10. The fourth-order valence-corrected chi connectivity index (χ4v) is 5.97. The van der Waals surface area contributed by atoms with Gasteiger partial charge in [0.05, 0.1) is 10.6 Å². The van der Waals surface area contributed by atoms with E-state index in [1.165, 1.54) is 9.87 Å². The highest BCUT2D eigenvalue weighted by Gasteiger charge is 2.36. The Hall–Kier alpha value is -3.12. The number of unbranched alkanes of at least 4 members (excludes halogenated alkanes) is 1. The van der Waals surface area contributed by atoms with Crippen molar-refractivity contribution in [1.82, 2.24) is 0 Å². The first-order valence-corrected chi connectivity index (χ1v) is 12.9. The van der Waals surface area contributed by atoms with E-state index in [9.17, 15) is 13.2 Å². The number of nitrogens with zero attached hydrogens (tertiary/aromatic N) is 1. The molecule has 1 aliphatic heterocycles. The van der Waals surface area contributed by atoms with Crippen LogP contribution >= 0.6 is 0 Å². The molecule has 0 bridgehead atoms. The molecule has 0 aliphatic carbocycles. The van der Waals surface area contributed by atoms with Crippen LogP contribution in [-0.2, 0) is 22.9 Å². The van der Waals surface area contributed by atoms with Gasteiger partial charge < -0.3 is 5.32 Å². The Labute approximate surface area is 196 Å². The van der Waals surface area contributed by atoms with Crippen LogP contribution in [0.4, 0.5) is 11.4 Å². The van der Waals surface area contributed by atoms with Crippen molar-refractivity contribution >= 4 is 27.3 Å². The van der Waals surface area contributed by atoms with Crippen molar-refractivity contribution in [3.63, 3.8) is 0 Å². The van der Waals surface area contributed by atoms with Crippen LogP contribution in [0.25, 0.3) is 0 Å². The maximum atomic E-state index is 13.3. The van der Waals surface area contributed by atoms with E-state index in [1.807, 2.05) is 38.1 Å². The molecule has 1 N–H and O–H groups in total. The van der Waals surface area contributed by atoms with E-state index in [-0.39, 0.29) is 16.8 Å². The van der Waals surface area contributed by atoms with Crippen LogP contribution < -0.4 is 9.62 Å². The van der Waals surface area contributed by atoms with Crippen molar-refractivity contribution in [2.75, 3.05) is 9.62 Å². The van der Waals surface area contributed by atoms with Crippen LogP contribution in [0.1, 0.15) is 53.7 Å². The molecule has 0 saturated carbocycles. The zero-order valence-electron chi connectivity index (χ0n) is 19.3. The SMILES string of the molecule is CCCCc1ccc(NC(=O)c2ccc3c(c2)C[C@H](C)N3S(=O)(=O)c2ccc(C)cc2)cc1. The lowest BCUT2D eigenvalue weighted by molar-refractivity contribution is 0.102. The molecule has 5 nitrogen and oxygen atoms in total. The zero-order valence-corrected chi connectivity index (χ0v) is 20.2. The number of hydrogen-bond donors (Lipinski definition) is 1. The molecule has 3 aromatic carbocycles. The molecular weight excluding hydrogens is 432 g/mol. The Bertz CT molecular complexity index is 1250. The smallest absolute Gasteiger partial charge is 0.264 e. The number of anilines is 2. The maximum absolute atomic E-state index is 13.3. The Kier molecular flexibility index (Phi) is 6.56. The lowest BCUT2D eigenvalue weighted by Gasteiger charge is -2.24. The second kappa shape index (κ2) is 9.40. The highest BCUT2D eigenvalue weighted by Crippen LogP contribution is 2.37. The van der Waals surface area contributed by atoms with Gasteiger partial charge in [-0.15, -0.1) is 0 Å². The molecule has 0 saturated heterocycles. The predicted molar refractivity (Wildman–Crippen MR) is 133 cm³/mol. The number of sulfonamides is 1. The highest BCUT2D eigenvalue weighted by molar-refractivity contribution is 7.92. The molecular formula is C27H30N2O3S. The van der Waals surface area contributed by atoms with E-state index in [1.54, 1.807) is 42.5 Å². The second-order valence-corrected chi connectivity index (χ2v) is 10.6. The Morgan fingerprint density at radius 3 is 2.39 bits per heavy atom. The van der Waals surface area contributed by atoms with Gasteiger partial charge in [0.25, 0.3) is 15.9 Å². The van der Waals surface area contributed by atoms with E-state index in [2.05, 4.69) is 12.2 Å². The van der Waals surface area contributed by atoms with E-state index >= 15 is 0 Å². The van der Waals surface area contributed by atoms with Crippen molar-refractivity contribution in [3.05, 3.63) is 89.0 Å². The Balaban J connectivity index is 1.53. The van der Waals surface area contributed by atoms with Crippen molar-refractivity contribution < 1.29 is 13.2 Å². The first-order chi connectivity index (χ1) is 15.8. The lowest BCUT2D eigenvalue weighted by Crippen LogP contribution is -2.35. The van der Waals surface area contributed by atoms with E-state index in [0.717, 1.165) is 36.1 Å². The van der Waals surface area contributed by atoms with Crippen LogP contribution in [0.5, 0.6) is 0 Å². The molecule has 33 heavy (non-hydrogen) atoms. The number of aryl methyl sites for hydroxylation is 2. The minimum absolute atomic E-state index is 0.202. The van der Waals surface area contributed by atoms with Crippen LogP contribution in [-0.4, -0.2) is 20.4 Å². The van der Waals surface area contributed by atoms with Gasteiger partial charge in [-0.05, 0) is 86.7 Å². The topological polar surface area (TPSA) is 66.5 Å². The largest absolute Gasteiger partial charge is 0.322 e. The molecule has 0 aromatic heterocycles. The first kappa shape index (κ1) is 23.1. The molecule has 3 aromatic rings. The number of carbonyl (C=O) groups is 1. The second-order valence-electron chi connectivity index (χ2n) is 8.77. The third-order valence-corrected chi connectivity index (χ3v) is 8.05. The van der Waals surface area contributed by atoms with Gasteiger partial charge in [0, 0.05) is 17.3 Å². The van der Waals surface area contributed by atoms with Crippen molar-refractivity contribution in [2.24, 2.45) is 0 Å². The van der Waals surface area contributed by atoms with Crippen molar-refractivity contribution in [3.8, 4) is 0 Å². The summed E-state index contributed by atoms with van der Waals surface area (Å²) in [5.41, 5.74) is 5.04. The summed E-state index contributed by atoms with van der Waals surface area (Å²) in [6.45, 7) is 5.99. The summed E-state index contributed by atoms with van der Waals surface area (Å²) >= 11 is 0. The molecule has 0 radical (unpaired) electrons. The van der Waals surface area contributed by atoms with Crippen LogP contribution in [0, 0.1) is 6.92 Å². The van der Waals surface area contributed by atoms with Crippen LogP contribution in [0.3, 0.4) is 0 Å². The van der Waals surface area contributed by atoms with Gasteiger partial charge in [-0.1, -0.05) is 43.2 Å². The van der Waals surface area contributed by atoms with Crippen molar-refractivity contribution in [1.29, 1.82) is 0 Å². The Morgan fingerprint density at radius 2 is 1.73 bits per heavy atom. The average molecular weight is 463 g/mol. The van der Waals surface area contributed by atoms with Crippen molar-refractivity contribution in [2.45, 2.75) is 57.4 Å². The van der Waals surface area contributed by atoms with Gasteiger partial charge in [0.2, 0.25) is 0 Å². The van der Waals surface area contributed by atoms with Gasteiger partial charge in [-0.3, -0.25) is 9.10 Å². The summed E-state index contributed by atoms with van der Waals surface area (Å²) in [6, 6.07) is 19.9.